The molecule has 3 aromatic rings. The maximum atomic E-state index is 12.9. The number of aryl methyl sites for hydroxylation is 1. The molecule has 0 aliphatic carbocycles. The Balaban J connectivity index is 1.98. The minimum Gasteiger partial charge on any atom is -0.495 e. The van der Waals surface area contributed by atoms with Crippen molar-refractivity contribution in [2.24, 2.45) is 5.14 Å². The molecule has 0 saturated carbocycles. The van der Waals surface area contributed by atoms with Crippen molar-refractivity contribution in [2.75, 3.05) is 11.8 Å². The SMILES string of the molecule is COc1ccc(-c2csc(C)n2)cc1S(=O)(=O)Nc1ccc(S(N)(=O)=O)cc1. The van der Waals surface area contributed by atoms with E-state index in [0.717, 1.165) is 5.01 Å². The number of aromatic nitrogens is 1. The van der Waals surface area contributed by atoms with Gasteiger partial charge in [-0.25, -0.2) is 27.0 Å². The second kappa shape index (κ2) is 7.51. The van der Waals surface area contributed by atoms with Crippen LogP contribution in [0, 0.1) is 6.92 Å². The minimum atomic E-state index is -4.01. The van der Waals surface area contributed by atoms with Crippen LogP contribution in [0.5, 0.6) is 5.75 Å². The van der Waals surface area contributed by atoms with E-state index in [2.05, 4.69) is 9.71 Å². The van der Waals surface area contributed by atoms with Crippen LogP contribution in [-0.2, 0) is 20.0 Å². The van der Waals surface area contributed by atoms with Gasteiger partial charge in [0, 0.05) is 16.6 Å². The molecule has 0 saturated heterocycles. The van der Waals surface area contributed by atoms with E-state index in [1.807, 2.05) is 12.3 Å². The Morgan fingerprint density at radius 3 is 2.29 bits per heavy atom. The zero-order chi connectivity index (χ0) is 20.5. The van der Waals surface area contributed by atoms with Crippen LogP contribution in [0.2, 0.25) is 0 Å². The second-order valence-corrected chi connectivity index (χ2v) is 10.1. The average Bonchev–Trinajstić information content (AvgIpc) is 3.07. The lowest BCUT2D eigenvalue weighted by Crippen LogP contribution is -2.15. The van der Waals surface area contributed by atoms with Gasteiger partial charge in [0.15, 0.2) is 0 Å². The highest BCUT2D eigenvalue weighted by molar-refractivity contribution is 7.92. The van der Waals surface area contributed by atoms with E-state index in [-0.39, 0.29) is 21.2 Å². The van der Waals surface area contributed by atoms with Crippen LogP contribution in [-0.4, -0.2) is 28.9 Å². The lowest BCUT2D eigenvalue weighted by Gasteiger charge is -2.13. The molecule has 0 radical (unpaired) electrons. The summed E-state index contributed by atoms with van der Waals surface area (Å²) in [7, 11) is -6.49. The molecular formula is C17H17N3O5S3. The zero-order valence-electron chi connectivity index (χ0n) is 14.9. The van der Waals surface area contributed by atoms with Crippen molar-refractivity contribution in [2.45, 2.75) is 16.7 Å². The second-order valence-electron chi connectivity index (χ2n) is 5.79. The Morgan fingerprint density at radius 2 is 1.75 bits per heavy atom. The molecule has 0 amide bonds. The number of thiazole rings is 1. The Bertz CT molecular complexity index is 1220. The molecule has 0 aliphatic heterocycles. The maximum absolute atomic E-state index is 12.9. The number of primary sulfonamides is 1. The monoisotopic (exact) mass is 439 g/mol. The molecule has 148 valence electrons. The van der Waals surface area contributed by atoms with Gasteiger partial charge in [-0.15, -0.1) is 11.3 Å². The predicted molar refractivity (Wildman–Crippen MR) is 107 cm³/mol. The van der Waals surface area contributed by atoms with Crippen molar-refractivity contribution in [1.29, 1.82) is 0 Å². The summed E-state index contributed by atoms with van der Waals surface area (Å²) in [6.45, 7) is 1.86. The first-order valence-electron chi connectivity index (χ1n) is 7.86. The van der Waals surface area contributed by atoms with Gasteiger partial charge < -0.3 is 4.74 Å². The van der Waals surface area contributed by atoms with E-state index in [4.69, 9.17) is 9.88 Å². The van der Waals surface area contributed by atoms with Crippen molar-refractivity contribution < 1.29 is 21.6 Å². The summed E-state index contributed by atoms with van der Waals surface area (Å²) in [5.74, 6) is 0.171. The number of benzene rings is 2. The lowest BCUT2D eigenvalue weighted by atomic mass is 10.2. The number of sulfonamides is 2. The third-order valence-corrected chi connectivity index (χ3v) is 6.91. The summed E-state index contributed by atoms with van der Waals surface area (Å²) in [5, 5.41) is 7.75. The third kappa shape index (κ3) is 4.33. The molecule has 1 aromatic heterocycles. The number of nitrogens with zero attached hydrogens (tertiary/aromatic N) is 1. The first-order chi connectivity index (χ1) is 13.1. The molecule has 8 nitrogen and oxygen atoms in total. The molecular weight excluding hydrogens is 422 g/mol. The average molecular weight is 440 g/mol. The van der Waals surface area contributed by atoms with Crippen LogP contribution in [0.15, 0.2) is 57.6 Å². The van der Waals surface area contributed by atoms with Gasteiger partial charge in [-0.1, -0.05) is 0 Å². The van der Waals surface area contributed by atoms with Crippen LogP contribution >= 0.6 is 11.3 Å². The Kier molecular flexibility index (Phi) is 5.44. The first kappa shape index (κ1) is 20.3. The molecule has 2 aromatic carbocycles. The molecule has 0 bridgehead atoms. The number of nitrogens with one attached hydrogen (secondary N) is 1. The maximum Gasteiger partial charge on any atom is 0.265 e. The van der Waals surface area contributed by atoms with Crippen molar-refractivity contribution in [3.63, 3.8) is 0 Å². The van der Waals surface area contributed by atoms with E-state index in [0.29, 0.717) is 11.3 Å². The zero-order valence-corrected chi connectivity index (χ0v) is 17.4. The van der Waals surface area contributed by atoms with Crippen molar-refractivity contribution in [1.82, 2.24) is 4.98 Å². The highest BCUT2D eigenvalue weighted by Gasteiger charge is 2.21. The van der Waals surface area contributed by atoms with Crippen molar-refractivity contribution >= 4 is 37.1 Å². The molecule has 28 heavy (non-hydrogen) atoms. The molecule has 3 rings (SSSR count). The minimum absolute atomic E-state index is 0.0614. The summed E-state index contributed by atoms with van der Waals surface area (Å²) in [6, 6.07) is 9.84. The van der Waals surface area contributed by atoms with Crippen LogP contribution in [0.4, 0.5) is 5.69 Å². The van der Waals surface area contributed by atoms with Crippen molar-refractivity contribution in [3.05, 3.63) is 52.9 Å². The van der Waals surface area contributed by atoms with Gasteiger partial charge in [-0.05, 0) is 49.4 Å². The number of nitrogens with two attached hydrogens (primary N) is 1. The largest absolute Gasteiger partial charge is 0.495 e. The topological polar surface area (TPSA) is 128 Å². The van der Waals surface area contributed by atoms with E-state index >= 15 is 0 Å². The molecule has 0 unspecified atom stereocenters. The molecule has 0 fully saturated rings. The van der Waals surface area contributed by atoms with Gasteiger partial charge >= 0.3 is 0 Å². The predicted octanol–water partition coefficient (Wildman–Crippen LogP) is 2.58. The van der Waals surface area contributed by atoms with E-state index in [1.165, 1.54) is 48.8 Å². The first-order valence-corrected chi connectivity index (χ1v) is 11.8. The molecule has 0 spiro atoms. The highest BCUT2D eigenvalue weighted by Crippen LogP contribution is 2.31. The summed E-state index contributed by atoms with van der Waals surface area (Å²) < 4.78 is 56.1. The summed E-state index contributed by atoms with van der Waals surface area (Å²) in [4.78, 5) is 4.19. The van der Waals surface area contributed by atoms with Crippen molar-refractivity contribution in [3.8, 4) is 17.0 Å². The van der Waals surface area contributed by atoms with Gasteiger partial charge in [0.25, 0.3) is 10.0 Å². The fourth-order valence-electron chi connectivity index (χ4n) is 2.46. The number of rotatable bonds is 6. The van der Waals surface area contributed by atoms with E-state index in [9.17, 15) is 16.8 Å². The standard InChI is InChI=1S/C17H17N3O5S3/c1-11-19-15(10-26-11)12-3-8-16(25-2)17(9-12)28(23,24)20-13-4-6-14(7-5-13)27(18,21)22/h3-10,20H,1-2H3,(H2,18,21,22). The summed E-state index contributed by atoms with van der Waals surface area (Å²) in [6.07, 6.45) is 0. The number of hydrogen-bond acceptors (Lipinski definition) is 7. The lowest BCUT2D eigenvalue weighted by molar-refractivity contribution is 0.403. The van der Waals surface area contributed by atoms with Crippen LogP contribution in [0.3, 0.4) is 0 Å². The normalized spacial score (nSPS) is 12.0. The van der Waals surface area contributed by atoms with Gasteiger partial charge in [0.1, 0.15) is 10.6 Å². The van der Waals surface area contributed by atoms with Gasteiger partial charge in [-0.3, -0.25) is 4.72 Å². The molecule has 1 heterocycles. The van der Waals surface area contributed by atoms with Gasteiger partial charge in [0.2, 0.25) is 10.0 Å². The number of hydrogen-bond donors (Lipinski definition) is 2. The molecule has 0 aliphatic rings. The smallest absolute Gasteiger partial charge is 0.265 e. The quantitative estimate of drug-likeness (QED) is 0.607. The van der Waals surface area contributed by atoms with Crippen LogP contribution < -0.4 is 14.6 Å². The van der Waals surface area contributed by atoms with E-state index in [1.54, 1.807) is 12.1 Å². The number of anilines is 1. The molecule has 11 heteroatoms. The van der Waals surface area contributed by atoms with Crippen LogP contribution in [0.1, 0.15) is 5.01 Å². The molecule has 3 N–H and O–H groups in total. The summed E-state index contributed by atoms with van der Waals surface area (Å²) in [5.41, 5.74) is 1.48. The number of ether oxygens (including phenoxy) is 1. The Morgan fingerprint density at radius 1 is 1.07 bits per heavy atom. The molecule has 0 atom stereocenters. The van der Waals surface area contributed by atoms with Gasteiger partial charge in [-0.2, -0.15) is 0 Å². The van der Waals surface area contributed by atoms with Gasteiger partial charge in [0.05, 0.1) is 22.7 Å². The van der Waals surface area contributed by atoms with E-state index < -0.39 is 20.0 Å². The highest BCUT2D eigenvalue weighted by atomic mass is 32.2. The third-order valence-electron chi connectivity index (χ3n) is 3.80. The summed E-state index contributed by atoms with van der Waals surface area (Å²) >= 11 is 1.46. The Labute approximate surface area is 167 Å². The Hall–Kier alpha value is -2.47. The fourth-order valence-corrected chi connectivity index (χ4v) is 4.86. The fraction of sp³-hybridized carbons (Fsp3) is 0.118. The van der Waals surface area contributed by atoms with Crippen LogP contribution in [0.25, 0.3) is 11.3 Å². The number of methoxy groups -OCH3 is 1.